The number of hydrogen-bond donors (Lipinski definition) is 2. The lowest BCUT2D eigenvalue weighted by molar-refractivity contribution is -0.147. The van der Waals surface area contributed by atoms with E-state index in [0.717, 1.165) is 0 Å². The summed E-state index contributed by atoms with van der Waals surface area (Å²) in [7, 11) is 0. The van der Waals surface area contributed by atoms with E-state index < -0.39 is 17.9 Å². The summed E-state index contributed by atoms with van der Waals surface area (Å²) in [5.74, 6) is -1.72. The second kappa shape index (κ2) is 8.53. The predicted molar refractivity (Wildman–Crippen MR) is 99.0 cm³/mol. The third-order valence-corrected chi connectivity index (χ3v) is 4.40. The summed E-state index contributed by atoms with van der Waals surface area (Å²) in [4.78, 5) is 36.9. The normalized spacial score (nSPS) is 16.4. The SMILES string of the molecule is NC(=O)c1ccccc1OCc1cccc(C(=O)N2CCOC[C@H]2C(=O)O)c1. The van der Waals surface area contributed by atoms with Gasteiger partial charge < -0.3 is 25.2 Å². The Morgan fingerprint density at radius 3 is 2.71 bits per heavy atom. The van der Waals surface area contributed by atoms with Gasteiger partial charge in [-0.2, -0.15) is 0 Å². The minimum atomic E-state index is -1.10. The van der Waals surface area contributed by atoms with Crippen molar-refractivity contribution in [1.29, 1.82) is 0 Å². The van der Waals surface area contributed by atoms with Crippen LogP contribution in [0.4, 0.5) is 0 Å². The average Bonchev–Trinajstić information content (AvgIpc) is 2.72. The molecule has 0 aliphatic carbocycles. The molecule has 1 aliphatic heterocycles. The predicted octanol–water partition coefficient (Wildman–Crippen LogP) is 1.29. The fourth-order valence-electron chi connectivity index (χ4n) is 2.97. The number of para-hydroxylation sites is 1. The quantitative estimate of drug-likeness (QED) is 0.775. The Balaban J connectivity index is 1.74. The van der Waals surface area contributed by atoms with E-state index in [1.807, 2.05) is 0 Å². The van der Waals surface area contributed by atoms with Crippen LogP contribution in [0.2, 0.25) is 0 Å². The van der Waals surface area contributed by atoms with Gasteiger partial charge in [-0.05, 0) is 29.8 Å². The minimum Gasteiger partial charge on any atom is -0.488 e. The molecule has 2 aromatic rings. The monoisotopic (exact) mass is 384 g/mol. The number of hydrogen-bond acceptors (Lipinski definition) is 5. The molecule has 1 saturated heterocycles. The van der Waals surface area contributed by atoms with Crippen molar-refractivity contribution >= 4 is 17.8 Å². The molecule has 2 amide bonds. The molecular formula is C20H20N2O6. The molecule has 146 valence electrons. The van der Waals surface area contributed by atoms with Gasteiger partial charge in [0, 0.05) is 12.1 Å². The fourth-order valence-corrected chi connectivity index (χ4v) is 2.97. The van der Waals surface area contributed by atoms with E-state index >= 15 is 0 Å². The molecule has 0 saturated carbocycles. The van der Waals surface area contributed by atoms with Crippen LogP contribution in [-0.2, 0) is 16.1 Å². The molecular weight excluding hydrogens is 364 g/mol. The average molecular weight is 384 g/mol. The Morgan fingerprint density at radius 2 is 1.96 bits per heavy atom. The van der Waals surface area contributed by atoms with Crippen LogP contribution in [-0.4, -0.2) is 53.6 Å². The number of amides is 2. The second-order valence-electron chi connectivity index (χ2n) is 6.28. The Kier molecular flexibility index (Phi) is 5.90. The van der Waals surface area contributed by atoms with Gasteiger partial charge in [-0.3, -0.25) is 9.59 Å². The van der Waals surface area contributed by atoms with Gasteiger partial charge in [-0.1, -0.05) is 24.3 Å². The first kappa shape index (κ1) is 19.4. The number of morpholine rings is 1. The summed E-state index contributed by atoms with van der Waals surface area (Å²) in [5.41, 5.74) is 6.67. The highest BCUT2D eigenvalue weighted by Gasteiger charge is 2.33. The molecule has 28 heavy (non-hydrogen) atoms. The van der Waals surface area contributed by atoms with Crippen LogP contribution in [0.3, 0.4) is 0 Å². The smallest absolute Gasteiger partial charge is 0.328 e. The van der Waals surface area contributed by atoms with Gasteiger partial charge in [-0.15, -0.1) is 0 Å². The van der Waals surface area contributed by atoms with Crippen molar-refractivity contribution in [2.45, 2.75) is 12.6 Å². The van der Waals surface area contributed by atoms with E-state index in [9.17, 15) is 19.5 Å². The number of benzene rings is 2. The van der Waals surface area contributed by atoms with Gasteiger partial charge >= 0.3 is 5.97 Å². The van der Waals surface area contributed by atoms with Gasteiger partial charge in [0.25, 0.3) is 11.8 Å². The van der Waals surface area contributed by atoms with Crippen molar-refractivity contribution in [1.82, 2.24) is 4.90 Å². The Labute approximate surface area is 161 Å². The van der Waals surface area contributed by atoms with Crippen LogP contribution in [0.15, 0.2) is 48.5 Å². The first-order chi connectivity index (χ1) is 13.5. The lowest BCUT2D eigenvalue weighted by atomic mass is 10.1. The molecule has 1 heterocycles. The maximum absolute atomic E-state index is 12.8. The molecule has 3 N–H and O–H groups in total. The second-order valence-corrected chi connectivity index (χ2v) is 6.28. The van der Waals surface area contributed by atoms with Gasteiger partial charge in [0.1, 0.15) is 12.4 Å². The van der Waals surface area contributed by atoms with Crippen LogP contribution in [0.1, 0.15) is 26.3 Å². The van der Waals surface area contributed by atoms with Crippen LogP contribution < -0.4 is 10.5 Å². The Morgan fingerprint density at radius 1 is 1.18 bits per heavy atom. The molecule has 0 unspecified atom stereocenters. The van der Waals surface area contributed by atoms with Gasteiger partial charge in [0.15, 0.2) is 6.04 Å². The molecule has 8 heteroatoms. The van der Waals surface area contributed by atoms with E-state index in [-0.39, 0.29) is 31.2 Å². The van der Waals surface area contributed by atoms with E-state index in [1.54, 1.807) is 48.5 Å². The maximum Gasteiger partial charge on any atom is 0.328 e. The van der Waals surface area contributed by atoms with E-state index in [0.29, 0.717) is 23.5 Å². The van der Waals surface area contributed by atoms with E-state index in [4.69, 9.17) is 15.2 Å². The number of carbonyl (C=O) groups is 3. The van der Waals surface area contributed by atoms with Gasteiger partial charge in [-0.25, -0.2) is 4.79 Å². The number of rotatable bonds is 6. The highest BCUT2D eigenvalue weighted by Crippen LogP contribution is 2.20. The zero-order chi connectivity index (χ0) is 20.1. The zero-order valence-corrected chi connectivity index (χ0v) is 15.0. The molecule has 2 aromatic carbocycles. The van der Waals surface area contributed by atoms with Crippen molar-refractivity contribution in [2.75, 3.05) is 19.8 Å². The first-order valence-electron chi connectivity index (χ1n) is 8.69. The number of nitrogens with two attached hydrogens (primary N) is 1. The number of aliphatic carboxylic acids is 1. The van der Waals surface area contributed by atoms with Crippen molar-refractivity contribution in [3.05, 3.63) is 65.2 Å². The summed E-state index contributed by atoms with van der Waals surface area (Å²) in [6.45, 7) is 0.593. The molecule has 0 bridgehead atoms. The molecule has 1 aliphatic rings. The summed E-state index contributed by atoms with van der Waals surface area (Å²) in [6.07, 6.45) is 0. The molecule has 0 aromatic heterocycles. The van der Waals surface area contributed by atoms with Crippen LogP contribution in [0.5, 0.6) is 5.75 Å². The van der Waals surface area contributed by atoms with Gasteiger partial charge in [0.2, 0.25) is 0 Å². The minimum absolute atomic E-state index is 0.0340. The lowest BCUT2D eigenvalue weighted by Gasteiger charge is -2.33. The standard InChI is InChI=1S/C20H20N2O6/c21-18(23)15-6-1-2-7-17(15)28-11-13-4-3-5-14(10-13)19(24)22-8-9-27-12-16(22)20(25)26/h1-7,10,16H,8-9,11-12H2,(H2,21,23)(H,25,26)/t16-/m0/s1. The molecule has 1 atom stereocenters. The van der Waals surface area contributed by atoms with E-state index in [1.165, 1.54) is 4.90 Å². The van der Waals surface area contributed by atoms with Crippen molar-refractivity contribution in [3.8, 4) is 5.75 Å². The largest absolute Gasteiger partial charge is 0.488 e. The summed E-state index contributed by atoms with van der Waals surface area (Å²) >= 11 is 0. The summed E-state index contributed by atoms with van der Waals surface area (Å²) in [6, 6.07) is 12.4. The molecule has 3 rings (SSSR count). The van der Waals surface area contributed by atoms with Gasteiger partial charge in [0.05, 0.1) is 18.8 Å². The fraction of sp³-hybridized carbons (Fsp3) is 0.250. The summed E-state index contributed by atoms with van der Waals surface area (Å²) < 4.78 is 10.9. The van der Waals surface area contributed by atoms with Crippen LogP contribution in [0.25, 0.3) is 0 Å². The summed E-state index contributed by atoms with van der Waals surface area (Å²) in [5, 5.41) is 9.31. The first-order valence-corrected chi connectivity index (χ1v) is 8.69. The molecule has 0 spiro atoms. The highest BCUT2D eigenvalue weighted by molar-refractivity contribution is 5.97. The van der Waals surface area contributed by atoms with E-state index in [2.05, 4.69) is 0 Å². The van der Waals surface area contributed by atoms with Crippen molar-refractivity contribution in [2.24, 2.45) is 5.73 Å². The van der Waals surface area contributed by atoms with Crippen LogP contribution >= 0.6 is 0 Å². The lowest BCUT2D eigenvalue weighted by Crippen LogP contribution is -2.52. The molecule has 0 radical (unpaired) electrons. The topological polar surface area (TPSA) is 119 Å². The third kappa shape index (κ3) is 4.29. The van der Waals surface area contributed by atoms with Crippen molar-refractivity contribution < 1.29 is 29.0 Å². The number of carboxylic acids is 1. The number of nitrogens with zero attached hydrogens (tertiary/aromatic N) is 1. The Bertz CT molecular complexity index is 898. The maximum atomic E-state index is 12.8. The number of ether oxygens (including phenoxy) is 2. The number of primary amides is 1. The molecule has 1 fully saturated rings. The zero-order valence-electron chi connectivity index (χ0n) is 15.0. The Hall–Kier alpha value is -3.39. The van der Waals surface area contributed by atoms with Crippen LogP contribution in [0, 0.1) is 0 Å². The van der Waals surface area contributed by atoms with Crippen molar-refractivity contribution in [3.63, 3.8) is 0 Å². The number of carbonyl (C=O) groups excluding carboxylic acids is 2. The highest BCUT2D eigenvalue weighted by atomic mass is 16.5. The number of carboxylic acid groups (broad SMARTS) is 1. The molecule has 8 nitrogen and oxygen atoms in total. The third-order valence-electron chi connectivity index (χ3n) is 4.40.